The van der Waals surface area contributed by atoms with Crippen LogP contribution in [0.4, 0.5) is 0 Å². The topological polar surface area (TPSA) is 50.8 Å². The van der Waals surface area contributed by atoms with Gasteiger partial charge in [-0.05, 0) is 29.7 Å². The third kappa shape index (κ3) is 3.33. The number of carbonyl (C=O) groups is 1. The summed E-state index contributed by atoms with van der Waals surface area (Å²) in [4.78, 5) is 14.1. The molecule has 25 heavy (non-hydrogen) atoms. The number of benzene rings is 2. The van der Waals surface area contributed by atoms with Crippen LogP contribution in [0.5, 0.6) is 11.5 Å². The van der Waals surface area contributed by atoms with Gasteiger partial charge in [-0.15, -0.1) is 0 Å². The van der Waals surface area contributed by atoms with E-state index in [-0.39, 0.29) is 11.9 Å². The van der Waals surface area contributed by atoms with E-state index in [9.17, 15) is 4.79 Å². The van der Waals surface area contributed by atoms with Gasteiger partial charge in [0, 0.05) is 19.1 Å². The van der Waals surface area contributed by atoms with E-state index in [1.807, 2.05) is 48.5 Å². The Morgan fingerprint density at radius 2 is 1.96 bits per heavy atom. The highest BCUT2D eigenvalue weighted by Gasteiger charge is 2.43. The predicted octanol–water partition coefficient (Wildman–Crippen LogP) is 2.35. The molecule has 2 aliphatic heterocycles. The monoisotopic (exact) mass is 338 g/mol. The van der Waals surface area contributed by atoms with Crippen molar-refractivity contribution in [2.45, 2.75) is 31.7 Å². The summed E-state index contributed by atoms with van der Waals surface area (Å²) in [7, 11) is 1.65. The second-order valence-electron chi connectivity index (χ2n) is 6.65. The fourth-order valence-corrected chi connectivity index (χ4v) is 3.66. The van der Waals surface area contributed by atoms with Crippen LogP contribution >= 0.6 is 0 Å². The van der Waals surface area contributed by atoms with Crippen LogP contribution in [0.3, 0.4) is 0 Å². The van der Waals surface area contributed by atoms with Crippen LogP contribution in [0.25, 0.3) is 0 Å². The normalized spacial score (nSPS) is 22.0. The molecule has 5 nitrogen and oxygen atoms in total. The van der Waals surface area contributed by atoms with Gasteiger partial charge in [0.2, 0.25) is 5.91 Å². The summed E-state index contributed by atoms with van der Waals surface area (Å²) in [6.45, 7) is 2.17. The van der Waals surface area contributed by atoms with Gasteiger partial charge in [-0.1, -0.05) is 36.4 Å². The number of nitrogens with one attached hydrogen (secondary N) is 1. The van der Waals surface area contributed by atoms with Gasteiger partial charge in [-0.25, -0.2) is 0 Å². The summed E-state index contributed by atoms with van der Waals surface area (Å²) in [6, 6.07) is 16.4. The smallest absolute Gasteiger partial charge is 0.237 e. The van der Waals surface area contributed by atoms with Crippen LogP contribution in [-0.2, 0) is 17.9 Å². The summed E-state index contributed by atoms with van der Waals surface area (Å²) in [5.41, 5.74) is 2.24. The van der Waals surface area contributed by atoms with E-state index in [1.165, 1.54) is 0 Å². The maximum atomic E-state index is 11.9. The Balaban J connectivity index is 1.47. The van der Waals surface area contributed by atoms with Crippen molar-refractivity contribution in [1.82, 2.24) is 10.2 Å². The van der Waals surface area contributed by atoms with Gasteiger partial charge < -0.3 is 14.8 Å². The molecule has 0 spiro atoms. The lowest BCUT2D eigenvalue weighted by Gasteiger charge is -2.26. The molecule has 2 atom stereocenters. The fraction of sp³-hybridized carbons (Fsp3) is 0.350. The van der Waals surface area contributed by atoms with Crippen LogP contribution in [-0.4, -0.2) is 36.5 Å². The Morgan fingerprint density at radius 3 is 2.68 bits per heavy atom. The number of fused-ring (bicyclic) bond motifs is 2. The zero-order chi connectivity index (χ0) is 17.2. The zero-order valence-electron chi connectivity index (χ0n) is 14.3. The van der Waals surface area contributed by atoms with Crippen molar-refractivity contribution >= 4 is 5.91 Å². The summed E-state index contributed by atoms with van der Waals surface area (Å²) >= 11 is 0. The first-order chi connectivity index (χ1) is 12.2. The average Bonchev–Trinajstić information content (AvgIpc) is 3.20. The van der Waals surface area contributed by atoms with Gasteiger partial charge in [0.15, 0.2) is 11.5 Å². The molecule has 2 fully saturated rings. The van der Waals surface area contributed by atoms with E-state index in [1.54, 1.807) is 7.11 Å². The molecule has 1 amide bonds. The Kier molecular flexibility index (Phi) is 4.32. The van der Waals surface area contributed by atoms with Gasteiger partial charge in [-0.2, -0.15) is 0 Å². The first-order valence-electron chi connectivity index (χ1n) is 8.61. The number of carbonyl (C=O) groups excluding carboxylic acids is 1. The number of hydrogen-bond acceptors (Lipinski definition) is 4. The van der Waals surface area contributed by atoms with Crippen molar-refractivity contribution < 1.29 is 14.3 Å². The van der Waals surface area contributed by atoms with Gasteiger partial charge in [0.1, 0.15) is 6.61 Å². The molecule has 2 aromatic carbocycles. The minimum Gasteiger partial charge on any atom is -0.493 e. The Morgan fingerprint density at radius 1 is 1.12 bits per heavy atom. The minimum atomic E-state index is 0.0146. The van der Waals surface area contributed by atoms with Gasteiger partial charge in [0.05, 0.1) is 13.2 Å². The molecule has 1 N–H and O–H groups in total. The van der Waals surface area contributed by atoms with Gasteiger partial charge in [0.25, 0.3) is 0 Å². The van der Waals surface area contributed by atoms with Crippen molar-refractivity contribution in [3.05, 3.63) is 59.7 Å². The molecule has 4 rings (SSSR count). The molecule has 5 heteroatoms. The highest BCUT2D eigenvalue weighted by molar-refractivity contribution is 5.85. The number of ether oxygens (including phenoxy) is 2. The number of methoxy groups -OCH3 is 1. The molecule has 0 aromatic heterocycles. The number of nitrogens with zero attached hydrogens (tertiary/aromatic N) is 1. The molecule has 2 aromatic rings. The number of rotatable bonds is 6. The molecule has 0 aliphatic carbocycles. The second-order valence-corrected chi connectivity index (χ2v) is 6.65. The van der Waals surface area contributed by atoms with E-state index in [4.69, 9.17) is 9.47 Å². The number of piperazine rings is 1. The maximum absolute atomic E-state index is 11.9. The SMILES string of the molecule is COc1ccc(CN2C[C@@H]3C[C@H]2C(=O)N3)cc1OCc1ccccc1. The van der Waals surface area contributed by atoms with E-state index < -0.39 is 0 Å². The van der Waals surface area contributed by atoms with Crippen molar-refractivity contribution in [3.63, 3.8) is 0 Å². The highest BCUT2D eigenvalue weighted by atomic mass is 16.5. The summed E-state index contributed by atoms with van der Waals surface area (Å²) in [5, 5.41) is 3.01. The molecule has 0 unspecified atom stereocenters. The lowest BCUT2D eigenvalue weighted by atomic mass is 10.1. The Hall–Kier alpha value is -2.53. The number of amides is 1. The quantitative estimate of drug-likeness (QED) is 0.878. The fourth-order valence-electron chi connectivity index (χ4n) is 3.66. The molecule has 130 valence electrons. The molecular formula is C20H22N2O3. The second kappa shape index (κ2) is 6.76. The summed E-state index contributed by atoms with van der Waals surface area (Å²) in [6.07, 6.45) is 0.923. The van der Waals surface area contributed by atoms with Crippen LogP contribution in [0.1, 0.15) is 17.5 Å². The molecule has 0 saturated carbocycles. The highest BCUT2D eigenvalue weighted by Crippen LogP contribution is 2.31. The van der Waals surface area contributed by atoms with Gasteiger partial charge in [-0.3, -0.25) is 9.69 Å². The van der Waals surface area contributed by atoms with Crippen molar-refractivity contribution in [1.29, 1.82) is 0 Å². The third-order valence-electron chi connectivity index (χ3n) is 4.90. The van der Waals surface area contributed by atoms with Crippen LogP contribution in [0.15, 0.2) is 48.5 Å². The molecular weight excluding hydrogens is 316 g/mol. The minimum absolute atomic E-state index is 0.0146. The number of hydrogen-bond donors (Lipinski definition) is 1. The summed E-state index contributed by atoms with van der Waals surface area (Å²) < 4.78 is 11.4. The van der Waals surface area contributed by atoms with Crippen molar-refractivity contribution in [2.75, 3.05) is 13.7 Å². The lowest BCUT2D eigenvalue weighted by molar-refractivity contribution is -0.125. The third-order valence-corrected chi connectivity index (χ3v) is 4.90. The molecule has 2 saturated heterocycles. The molecule has 2 heterocycles. The lowest BCUT2D eigenvalue weighted by Crippen LogP contribution is -2.47. The van der Waals surface area contributed by atoms with Crippen LogP contribution in [0, 0.1) is 0 Å². The largest absolute Gasteiger partial charge is 0.493 e. The maximum Gasteiger partial charge on any atom is 0.237 e. The number of likely N-dealkylation sites (tertiary alicyclic amines) is 1. The Bertz CT molecular complexity index is 763. The van der Waals surface area contributed by atoms with Crippen molar-refractivity contribution in [3.8, 4) is 11.5 Å². The van der Waals surface area contributed by atoms with Crippen LogP contribution in [0.2, 0.25) is 0 Å². The first-order valence-corrected chi connectivity index (χ1v) is 8.61. The van der Waals surface area contributed by atoms with E-state index >= 15 is 0 Å². The van der Waals surface area contributed by atoms with E-state index in [2.05, 4.69) is 10.2 Å². The van der Waals surface area contributed by atoms with E-state index in [0.717, 1.165) is 42.1 Å². The van der Waals surface area contributed by atoms with Gasteiger partial charge >= 0.3 is 0 Å². The zero-order valence-corrected chi connectivity index (χ0v) is 14.3. The van der Waals surface area contributed by atoms with Crippen LogP contribution < -0.4 is 14.8 Å². The predicted molar refractivity (Wildman–Crippen MR) is 94.5 cm³/mol. The Labute approximate surface area is 147 Å². The van der Waals surface area contributed by atoms with Crippen molar-refractivity contribution in [2.24, 2.45) is 0 Å². The van der Waals surface area contributed by atoms with E-state index in [0.29, 0.717) is 12.6 Å². The molecule has 2 aliphatic rings. The molecule has 2 bridgehead atoms. The average molecular weight is 338 g/mol. The standard InChI is InChI=1S/C20H22N2O3/c1-24-18-8-7-15(11-22-12-16-10-17(22)20(23)21-16)9-19(18)25-13-14-5-3-2-4-6-14/h2-9,16-17H,10-13H2,1H3,(H,21,23)/t16-,17-/m0/s1. The summed E-state index contributed by atoms with van der Waals surface area (Å²) in [5.74, 6) is 1.61. The first kappa shape index (κ1) is 16.0. The molecule has 0 radical (unpaired) electrons.